The molecule has 5 heteroatoms. The summed E-state index contributed by atoms with van der Waals surface area (Å²) in [6, 6.07) is 0. The predicted octanol–water partition coefficient (Wildman–Crippen LogP) is 2.03. The van der Waals surface area contributed by atoms with Crippen LogP contribution in [0.25, 0.3) is 0 Å². The normalized spacial score (nSPS) is 27.1. The molecule has 0 saturated heterocycles. The molecule has 1 saturated carbocycles. The molecular weight excluding hydrogens is 276 g/mol. The fraction of sp³-hybridized carbons (Fsp3) is 0.636. The maximum atomic E-state index is 11.3. The molecule has 2 unspecified atom stereocenters. The Balaban J connectivity index is 2.64. The monoisotopic (exact) mass is 290 g/mol. The molecule has 0 aromatic heterocycles. The van der Waals surface area contributed by atoms with Crippen LogP contribution in [0.4, 0.5) is 0 Å². The molecule has 1 fully saturated rings. The number of rotatable bonds is 5. The molecule has 0 aromatic carbocycles. The molecule has 1 rings (SSSR count). The largest absolute Gasteiger partial charge is 0.463 e. The van der Waals surface area contributed by atoms with Crippen molar-refractivity contribution >= 4 is 28.4 Å². The van der Waals surface area contributed by atoms with Crippen LogP contribution in [-0.4, -0.2) is 25.2 Å². The van der Waals surface area contributed by atoms with E-state index in [0.29, 0.717) is 17.6 Å². The maximum Gasteiger partial charge on any atom is 0.344 e. The van der Waals surface area contributed by atoms with Gasteiger partial charge < -0.3 is 9.47 Å². The van der Waals surface area contributed by atoms with Gasteiger partial charge >= 0.3 is 5.97 Å². The van der Waals surface area contributed by atoms with Crippen molar-refractivity contribution in [3.63, 3.8) is 0 Å². The average Bonchev–Trinajstić information content (AvgIpc) is 2.70. The Morgan fingerprint density at radius 3 is 2.62 bits per heavy atom. The van der Waals surface area contributed by atoms with E-state index >= 15 is 0 Å². The van der Waals surface area contributed by atoms with Crippen molar-refractivity contribution in [2.45, 2.75) is 26.9 Å². The number of carbonyl (C=O) groups excluding carboxylic acids is 2. The van der Waals surface area contributed by atoms with Crippen LogP contribution in [0, 0.1) is 11.3 Å². The predicted molar refractivity (Wildman–Crippen MR) is 61.9 cm³/mol. The molecule has 0 aromatic rings. The van der Waals surface area contributed by atoms with Crippen LogP contribution in [0.2, 0.25) is 0 Å². The summed E-state index contributed by atoms with van der Waals surface area (Å²) in [5.41, 5.74) is -0.119. The van der Waals surface area contributed by atoms with Crippen molar-refractivity contribution in [1.29, 1.82) is 0 Å². The molecule has 0 heterocycles. The highest BCUT2D eigenvalue weighted by Gasteiger charge is 2.59. The Kier molecular flexibility index (Phi) is 4.13. The Morgan fingerprint density at radius 2 is 2.12 bits per heavy atom. The highest BCUT2D eigenvalue weighted by atomic mass is 79.9. The first-order valence-electron chi connectivity index (χ1n) is 5.08. The number of ether oxygens (including phenoxy) is 2. The van der Waals surface area contributed by atoms with Gasteiger partial charge in [-0.15, -0.1) is 0 Å². The van der Waals surface area contributed by atoms with Crippen LogP contribution in [-0.2, 0) is 19.1 Å². The molecule has 90 valence electrons. The van der Waals surface area contributed by atoms with Crippen molar-refractivity contribution in [1.82, 2.24) is 0 Å². The van der Waals surface area contributed by atoms with E-state index in [9.17, 15) is 9.59 Å². The third-order valence-corrected chi connectivity index (χ3v) is 3.40. The van der Waals surface area contributed by atoms with Crippen LogP contribution in [0.3, 0.4) is 0 Å². The van der Waals surface area contributed by atoms with E-state index in [1.807, 2.05) is 13.8 Å². The van der Waals surface area contributed by atoms with Gasteiger partial charge in [-0.1, -0.05) is 19.9 Å². The van der Waals surface area contributed by atoms with E-state index in [-0.39, 0.29) is 17.4 Å². The molecule has 0 radical (unpaired) electrons. The lowest BCUT2D eigenvalue weighted by atomic mass is 10.1. The zero-order valence-electron chi connectivity index (χ0n) is 9.53. The lowest BCUT2D eigenvalue weighted by Gasteiger charge is -2.00. The van der Waals surface area contributed by atoms with Crippen molar-refractivity contribution in [3.8, 4) is 0 Å². The minimum absolute atomic E-state index is 0.0523. The lowest BCUT2D eigenvalue weighted by Crippen LogP contribution is -2.04. The second-order valence-electron chi connectivity index (χ2n) is 4.24. The van der Waals surface area contributed by atoms with Crippen LogP contribution < -0.4 is 0 Å². The van der Waals surface area contributed by atoms with Gasteiger partial charge in [0.1, 0.15) is 6.10 Å². The first-order valence-corrected chi connectivity index (χ1v) is 5.88. The van der Waals surface area contributed by atoms with Gasteiger partial charge in [-0.3, -0.25) is 4.79 Å². The molecule has 1 aliphatic rings. The van der Waals surface area contributed by atoms with Crippen LogP contribution in [0.5, 0.6) is 0 Å². The zero-order chi connectivity index (χ0) is 12.3. The van der Waals surface area contributed by atoms with Crippen LogP contribution >= 0.6 is 15.9 Å². The van der Waals surface area contributed by atoms with E-state index in [1.165, 1.54) is 0 Å². The van der Waals surface area contributed by atoms with Gasteiger partial charge in [-0.05, 0) is 22.9 Å². The second-order valence-corrected chi connectivity index (χ2v) is 5.09. The summed E-state index contributed by atoms with van der Waals surface area (Å²) in [6.45, 7) is 6.49. The molecule has 0 N–H and O–H groups in total. The molecule has 16 heavy (non-hydrogen) atoms. The van der Waals surface area contributed by atoms with E-state index in [0.717, 1.165) is 0 Å². The minimum Gasteiger partial charge on any atom is -0.463 e. The first kappa shape index (κ1) is 13.2. The van der Waals surface area contributed by atoms with Gasteiger partial charge in [-0.25, -0.2) is 4.79 Å². The molecule has 0 spiro atoms. The summed E-state index contributed by atoms with van der Waals surface area (Å²) in [6.07, 6.45) is 1.58. The number of carbonyl (C=O) groups is 2. The zero-order valence-corrected chi connectivity index (χ0v) is 11.1. The number of halogens is 1. The van der Waals surface area contributed by atoms with E-state index in [1.54, 1.807) is 13.0 Å². The first-order chi connectivity index (χ1) is 7.45. The van der Waals surface area contributed by atoms with Gasteiger partial charge in [0.05, 0.1) is 11.1 Å². The Hall–Kier alpha value is -0.840. The minimum atomic E-state index is -0.393. The Bertz CT molecular complexity index is 322. The van der Waals surface area contributed by atoms with Crippen molar-refractivity contribution in [2.24, 2.45) is 11.3 Å². The molecule has 1 aliphatic carbocycles. The average molecular weight is 291 g/mol. The topological polar surface area (TPSA) is 52.6 Å². The molecule has 0 amide bonds. The van der Waals surface area contributed by atoms with Crippen molar-refractivity contribution in [3.05, 3.63) is 10.6 Å². The molecule has 4 nitrogen and oxygen atoms in total. The number of esters is 1. The molecule has 0 bridgehead atoms. The van der Waals surface area contributed by atoms with Gasteiger partial charge in [-0.2, -0.15) is 0 Å². The fourth-order valence-electron chi connectivity index (χ4n) is 1.68. The van der Waals surface area contributed by atoms with Gasteiger partial charge in [0.25, 0.3) is 6.47 Å². The standard InChI is InChI=1S/C11H15BrO4/c1-4-15-10(14)8(12)5-7-9(16-6-13)11(7,2)3/h5-7,9H,4H2,1-3H3. The highest BCUT2D eigenvalue weighted by molar-refractivity contribution is 9.12. The number of hydrogen-bond donors (Lipinski definition) is 0. The lowest BCUT2D eigenvalue weighted by molar-refractivity contribution is -0.137. The van der Waals surface area contributed by atoms with Crippen LogP contribution in [0.1, 0.15) is 20.8 Å². The Morgan fingerprint density at radius 1 is 1.50 bits per heavy atom. The third-order valence-electron chi connectivity index (χ3n) is 2.81. The summed E-state index contributed by atoms with van der Waals surface area (Å²) < 4.78 is 10.1. The Labute approximate surface area is 103 Å². The van der Waals surface area contributed by atoms with Crippen LogP contribution in [0.15, 0.2) is 10.6 Å². The summed E-state index contributed by atoms with van der Waals surface area (Å²) in [5, 5.41) is 0. The summed E-state index contributed by atoms with van der Waals surface area (Å²) in [4.78, 5) is 21.6. The summed E-state index contributed by atoms with van der Waals surface area (Å²) >= 11 is 3.16. The van der Waals surface area contributed by atoms with E-state index in [4.69, 9.17) is 9.47 Å². The number of hydrogen-bond acceptors (Lipinski definition) is 4. The van der Waals surface area contributed by atoms with Gasteiger partial charge in [0.2, 0.25) is 0 Å². The second kappa shape index (κ2) is 4.99. The quantitative estimate of drug-likeness (QED) is 0.442. The SMILES string of the molecule is CCOC(=O)C(Br)=CC1C(OC=O)C1(C)C. The summed E-state index contributed by atoms with van der Waals surface area (Å²) in [7, 11) is 0. The third kappa shape index (κ3) is 2.64. The van der Waals surface area contributed by atoms with Gasteiger partial charge in [0.15, 0.2) is 0 Å². The smallest absolute Gasteiger partial charge is 0.344 e. The van der Waals surface area contributed by atoms with E-state index in [2.05, 4.69) is 15.9 Å². The highest BCUT2D eigenvalue weighted by Crippen LogP contribution is 2.55. The maximum absolute atomic E-state index is 11.3. The van der Waals surface area contributed by atoms with Crippen molar-refractivity contribution in [2.75, 3.05) is 6.61 Å². The van der Waals surface area contributed by atoms with E-state index < -0.39 is 5.97 Å². The fourth-order valence-corrected chi connectivity index (χ4v) is 2.08. The van der Waals surface area contributed by atoms with Gasteiger partial charge in [0, 0.05) is 11.3 Å². The van der Waals surface area contributed by atoms with Crippen molar-refractivity contribution < 1.29 is 19.1 Å². The molecule has 0 aliphatic heterocycles. The molecule has 2 atom stereocenters. The molecular formula is C11H15BrO4. The summed E-state index contributed by atoms with van der Waals surface area (Å²) in [5.74, 6) is -0.341.